The smallest absolute Gasteiger partial charge is 0.218 e. The number of rotatable bonds is 2. The summed E-state index contributed by atoms with van der Waals surface area (Å²) >= 11 is 0. The first-order valence-electron chi connectivity index (χ1n) is 8.34. The SMILES string of the molecule is CC/C=C(\C)C1OC23CCCCC2C(C#N)(C#N)C1(C#N)C(=N)O3. The minimum atomic E-state index is -1.73. The lowest BCUT2D eigenvalue weighted by atomic mass is 9.48. The van der Waals surface area contributed by atoms with Crippen LogP contribution in [0.25, 0.3) is 0 Å². The monoisotopic (exact) mass is 324 g/mol. The number of ether oxygens (including phenoxy) is 2. The maximum Gasteiger partial charge on any atom is 0.218 e. The van der Waals surface area contributed by atoms with Gasteiger partial charge in [0.25, 0.3) is 0 Å². The van der Waals surface area contributed by atoms with Crippen molar-refractivity contribution in [3.8, 4) is 18.2 Å². The first kappa shape index (κ1) is 16.5. The molecule has 3 saturated heterocycles. The van der Waals surface area contributed by atoms with E-state index in [1.165, 1.54) is 0 Å². The quantitative estimate of drug-likeness (QED) is 0.783. The molecule has 4 aliphatic rings. The van der Waals surface area contributed by atoms with E-state index in [1.807, 2.05) is 19.9 Å². The molecular formula is C18H20N4O2. The van der Waals surface area contributed by atoms with E-state index in [1.54, 1.807) is 0 Å². The highest BCUT2D eigenvalue weighted by Crippen LogP contribution is 2.66. The summed E-state index contributed by atoms with van der Waals surface area (Å²) in [5.41, 5.74) is -2.59. The average Bonchev–Trinajstić information content (AvgIpc) is 2.59. The lowest BCUT2D eigenvalue weighted by molar-refractivity contribution is -0.350. The standard InChI is InChI=1S/C18H20N4O2/c1-3-6-12(2)14-17(11-21)15(22)24-18(23-14)8-5-4-7-13(18)16(17,9-19)10-20/h6,13-14,22H,3-5,7-8H2,1-2H3/b12-6+,22-15?. The Balaban J connectivity index is 2.31. The molecule has 0 aromatic carbocycles. The van der Waals surface area contributed by atoms with Gasteiger partial charge in [-0.25, -0.2) is 0 Å². The molecule has 2 bridgehead atoms. The second-order valence-corrected chi connectivity index (χ2v) is 6.85. The van der Waals surface area contributed by atoms with Gasteiger partial charge in [-0.05, 0) is 31.8 Å². The molecule has 0 amide bonds. The molecule has 4 unspecified atom stereocenters. The molecule has 3 aliphatic heterocycles. The number of allylic oxidation sites excluding steroid dienone is 1. The zero-order valence-electron chi connectivity index (χ0n) is 13.9. The van der Waals surface area contributed by atoms with E-state index in [0.29, 0.717) is 12.8 Å². The van der Waals surface area contributed by atoms with E-state index in [0.717, 1.165) is 24.8 Å². The summed E-state index contributed by atoms with van der Waals surface area (Å²) in [6.07, 6.45) is 4.67. The first-order chi connectivity index (χ1) is 11.5. The van der Waals surface area contributed by atoms with E-state index in [-0.39, 0.29) is 5.90 Å². The van der Waals surface area contributed by atoms with Gasteiger partial charge in [0.1, 0.15) is 6.10 Å². The second-order valence-electron chi connectivity index (χ2n) is 6.85. The van der Waals surface area contributed by atoms with Crippen molar-refractivity contribution in [1.82, 2.24) is 0 Å². The van der Waals surface area contributed by atoms with Gasteiger partial charge in [-0.2, -0.15) is 15.8 Å². The van der Waals surface area contributed by atoms with E-state index in [4.69, 9.17) is 14.9 Å². The molecule has 4 atom stereocenters. The fraction of sp³-hybridized carbons (Fsp3) is 0.667. The number of fused-ring (bicyclic) bond motifs is 2. The van der Waals surface area contributed by atoms with Gasteiger partial charge in [0, 0.05) is 6.42 Å². The van der Waals surface area contributed by atoms with Gasteiger partial charge in [-0.1, -0.05) is 19.4 Å². The Morgan fingerprint density at radius 3 is 2.58 bits per heavy atom. The van der Waals surface area contributed by atoms with E-state index < -0.39 is 28.6 Å². The Morgan fingerprint density at radius 1 is 1.29 bits per heavy atom. The van der Waals surface area contributed by atoms with Gasteiger partial charge in [0.05, 0.1) is 24.1 Å². The highest BCUT2D eigenvalue weighted by Gasteiger charge is 2.80. The van der Waals surface area contributed by atoms with Crippen molar-refractivity contribution in [3.05, 3.63) is 11.6 Å². The van der Waals surface area contributed by atoms with Crippen molar-refractivity contribution < 1.29 is 9.47 Å². The molecular weight excluding hydrogens is 304 g/mol. The van der Waals surface area contributed by atoms with Crippen molar-refractivity contribution in [1.29, 1.82) is 21.2 Å². The Hall–Kier alpha value is -2.36. The van der Waals surface area contributed by atoms with Crippen LogP contribution in [0.5, 0.6) is 0 Å². The van der Waals surface area contributed by atoms with Crippen LogP contribution in [0.1, 0.15) is 46.0 Å². The molecule has 1 aliphatic carbocycles. The maximum atomic E-state index is 10.0. The normalized spacial score (nSPS) is 39.8. The van der Waals surface area contributed by atoms with Crippen molar-refractivity contribution in [2.75, 3.05) is 0 Å². The van der Waals surface area contributed by atoms with Crippen molar-refractivity contribution in [2.45, 2.75) is 57.8 Å². The molecule has 3 heterocycles. The Morgan fingerprint density at radius 2 is 2.00 bits per heavy atom. The average molecular weight is 324 g/mol. The van der Waals surface area contributed by atoms with Crippen LogP contribution in [-0.4, -0.2) is 17.8 Å². The first-order valence-corrected chi connectivity index (χ1v) is 8.34. The molecule has 4 rings (SSSR count). The summed E-state index contributed by atoms with van der Waals surface area (Å²) in [5, 5.41) is 38.4. The number of hydrogen-bond acceptors (Lipinski definition) is 6. The van der Waals surface area contributed by atoms with Gasteiger partial charge < -0.3 is 9.47 Å². The molecule has 6 heteroatoms. The minimum absolute atomic E-state index is 0.300. The molecule has 24 heavy (non-hydrogen) atoms. The third-order valence-electron chi connectivity index (χ3n) is 5.76. The summed E-state index contributed by atoms with van der Waals surface area (Å²) in [4.78, 5) is 0. The van der Waals surface area contributed by atoms with Gasteiger partial charge in [-0.3, -0.25) is 5.41 Å². The summed E-state index contributed by atoms with van der Waals surface area (Å²) < 4.78 is 12.1. The molecule has 1 N–H and O–H groups in total. The van der Waals surface area contributed by atoms with Crippen molar-refractivity contribution in [2.24, 2.45) is 16.7 Å². The number of nitriles is 3. The van der Waals surface area contributed by atoms with Crippen LogP contribution in [0.3, 0.4) is 0 Å². The topological polar surface area (TPSA) is 114 Å². The molecule has 1 spiro atoms. The lowest BCUT2D eigenvalue weighted by Gasteiger charge is -2.63. The number of hydrogen-bond donors (Lipinski definition) is 1. The van der Waals surface area contributed by atoms with Crippen LogP contribution >= 0.6 is 0 Å². The third-order valence-corrected chi connectivity index (χ3v) is 5.76. The number of nitrogens with one attached hydrogen (secondary N) is 1. The van der Waals surface area contributed by atoms with E-state index in [2.05, 4.69) is 18.2 Å². The lowest BCUT2D eigenvalue weighted by Crippen LogP contribution is -2.76. The zero-order chi connectivity index (χ0) is 17.6. The largest absolute Gasteiger partial charge is 0.447 e. The van der Waals surface area contributed by atoms with Crippen LogP contribution < -0.4 is 0 Å². The molecule has 4 fully saturated rings. The van der Waals surface area contributed by atoms with Crippen LogP contribution in [0.2, 0.25) is 0 Å². The van der Waals surface area contributed by atoms with Gasteiger partial charge in [0.2, 0.25) is 11.7 Å². The van der Waals surface area contributed by atoms with Crippen LogP contribution in [-0.2, 0) is 9.47 Å². The van der Waals surface area contributed by atoms with Gasteiger partial charge in [0.15, 0.2) is 10.8 Å². The molecule has 0 aromatic heterocycles. The van der Waals surface area contributed by atoms with Crippen molar-refractivity contribution >= 4 is 5.90 Å². The molecule has 6 nitrogen and oxygen atoms in total. The summed E-state index contributed by atoms with van der Waals surface area (Å²) in [6, 6.07) is 6.37. The highest BCUT2D eigenvalue weighted by molar-refractivity contribution is 5.89. The van der Waals surface area contributed by atoms with Crippen LogP contribution in [0, 0.1) is 56.2 Å². The fourth-order valence-electron chi connectivity index (χ4n) is 4.69. The minimum Gasteiger partial charge on any atom is -0.447 e. The van der Waals surface area contributed by atoms with Crippen LogP contribution in [0.15, 0.2) is 11.6 Å². The van der Waals surface area contributed by atoms with Crippen molar-refractivity contribution in [3.63, 3.8) is 0 Å². The summed E-state index contributed by atoms with van der Waals surface area (Å²) in [5.74, 6) is -1.97. The van der Waals surface area contributed by atoms with Gasteiger partial charge in [-0.15, -0.1) is 0 Å². The molecule has 0 aromatic rings. The highest BCUT2D eigenvalue weighted by atomic mass is 16.7. The van der Waals surface area contributed by atoms with Crippen LogP contribution in [0.4, 0.5) is 0 Å². The van der Waals surface area contributed by atoms with Gasteiger partial charge >= 0.3 is 0 Å². The Bertz CT molecular complexity index is 724. The Labute approximate surface area is 141 Å². The maximum absolute atomic E-state index is 10.0. The fourth-order valence-corrected chi connectivity index (χ4v) is 4.69. The molecule has 0 radical (unpaired) electrons. The predicted molar refractivity (Wildman–Crippen MR) is 84.1 cm³/mol. The van der Waals surface area contributed by atoms with E-state index in [9.17, 15) is 15.8 Å². The Kier molecular flexibility index (Phi) is 3.67. The second kappa shape index (κ2) is 5.33. The molecule has 124 valence electrons. The predicted octanol–water partition coefficient (Wildman–Crippen LogP) is 3.18. The zero-order valence-corrected chi connectivity index (χ0v) is 13.9. The molecule has 1 saturated carbocycles. The summed E-state index contributed by atoms with van der Waals surface area (Å²) in [7, 11) is 0. The number of nitrogens with zero attached hydrogens (tertiary/aromatic N) is 3. The van der Waals surface area contributed by atoms with E-state index >= 15 is 0 Å². The summed E-state index contributed by atoms with van der Waals surface area (Å²) in [6.45, 7) is 3.80. The third kappa shape index (κ3) is 1.63.